The normalized spacial score (nSPS) is 14.7. The minimum absolute atomic E-state index is 0.0269. The molecule has 0 aromatic heterocycles. The molecule has 0 radical (unpaired) electrons. The van der Waals surface area contributed by atoms with Crippen molar-refractivity contribution < 1.29 is 9.53 Å². The molecule has 5 heteroatoms. The molecule has 0 saturated heterocycles. The summed E-state index contributed by atoms with van der Waals surface area (Å²) in [5.41, 5.74) is 5.46. The summed E-state index contributed by atoms with van der Waals surface area (Å²) in [6.07, 6.45) is 2.48. The van der Waals surface area contributed by atoms with E-state index in [1.807, 2.05) is 13.3 Å². The maximum Gasteiger partial charge on any atom is 0.253 e. The molecule has 0 fully saturated rings. The zero-order valence-corrected chi connectivity index (χ0v) is 10.8. The van der Waals surface area contributed by atoms with E-state index in [-0.39, 0.29) is 18.5 Å². The second kappa shape index (κ2) is 7.96. The van der Waals surface area contributed by atoms with Crippen LogP contribution in [0.4, 0.5) is 0 Å². The second-order valence-corrected chi connectivity index (χ2v) is 4.34. The van der Waals surface area contributed by atoms with Crippen LogP contribution in [0.5, 0.6) is 0 Å². The molecule has 1 amide bonds. The van der Waals surface area contributed by atoms with Crippen LogP contribution in [-0.2, 0) is 9.53 Å². The van der Waals surface area contributed by atoms with Gasteiger partial charge in [0.1, 0.15) is 6.10 Å². The maximum atomic E-state index is 11.9. The molecule has 0 aliphatic rings. The highest BCUT2D eigenvalue weighted by Crippen LogP contribution is 2.10. The van der Waals surface area contributed by atoms with Crippen molar-refractivity contribution in [2.24, 2.45) is 5.73 Å². The zero-order chi connectivity index (χ0) is 11.8. The SMILES string of the molecule is CCC(CSC)N(C)C(=O)C(CN)OC. The Morgan fingerprint density at radius 1 is 1.60 bits per heavy atom. The summed E-state index contributed by atoms with van der Waals surface area (Å²) in [5, 5.41) is 0. The van der Waals surface area contributed by atoms with E-state index in [0.29, 0.717) is 0 Å². The first-order valence-corrected chi connectivity index (χ1v) is 6.50. The van der Waals surface area contributed by atoms with Crippen molar-refractivity contribution in [1.29, 1.82) is 0 Å². The van der Waals surface area contributed by atoms with Gasteiger partial charge in [-0.15, -0.1) is 0 Å². The van der Waals surface area contributed by atoms with Crippen molar-refractivity contribution in [2.45, 2.75) is 25.5 Å². The van der Waals surface area contributed by atoms with Crippen LogP contribution < -0.4 is 5.73 Å². The number of likely N-dealkylation sites (N-methyl/N-ethyl adjacent to an activating group) is 1. The zero-order valence-electron chi connectivity index (χ0n) is 10.0. The number of carbonyl (C=O) groups excluding carboxylic acids is 1. The lowest BCUT2D eigenvalue weighted by molar-refractivity contribution is -0.141. The smallest absolute Gasteiger partial charge is 0.253 e. The van der Waals surface area contributed by atoms with Gasteiger partial charge in [-0.25, -0.2) is 0 Å². The number of nitrogens with two attached hydrogens (primary N) is 1. The molecule has 2 atom stereocenters. The molecule has 0 spiro atoms. The number of amides is 1. The van der Waals surface area contributed by atoms with E-state index in [0.717, 1.165) is 12.2 Å². The number of nitrogens with zero attached hydrogens (tertiary/aromatic N) is 1. The number of hydrogen-bond donors (Lipinski definition) is 1. The van der Waals surface area contributed by atoms with Gasteiger partial charge in [0.2, 0.25) is 0 Å². The average Bonchev–Trinajstić information content (AvgIpc) is 2.26. The molecule has 0 rings (SSSR count). The van der Waals surface area contributed by atoms with E-state index >= 15 is 0 Å². The van der Waals surface area contributed by atoms with Crippen molar-refractivity contribution in [2.75, 3.05) is 32.7 Å². The van der Waals surface area contributed by atoms with Gasteiger partial charge in [-0.1, -0.05) is 6.92 Å². The number of rotatable bonds is 7. The van der Waals surface area contributed by atoms with E-state index < -0.39 is 6.10 Å². The molecule has 0 bridgehead atoms. The maximum absolute atomic E-state index is 11.9. The predicted molar refractivity (Wildman–Crippen MR) is 65.1 cm³/mol. The van der Waals surface area contributed by atoms with Crippen LogP contribution in [-0.4, -0.2) is 55.7 Å². The van der Waals surface area contributed by atoms with Gasteiger partial charge in [-0.05, 0) is 12.7 Å². The van der Waals surface area contributed by atoms with Crippen molar-refractivity contribution >= 4 is 17.7 Å². The Balaban J connectivity index is 4.38. The van der Waals surface area contributed by atoms with Gasteiger partial charge in [0.05, 0.1) is 0 Å². The fourth-order valence-corrected chi connectivity index (χ4v) is 2.24. The Morgan fingerprint density at radius 3 is 2.53 bits per heavy atom. The summed E-state index contributed by atoms with van der Waals surface area (Å²) < 4.78 is 5.03. The first-order valence-electron chi connectivity index (χ1n) is 5.10. The van der Waals surface area contributed by atoms with Crippen molar-refractivity contribution in [1.82, 2.24) is 4.90 Å². The lowest BCUT2D eigenvalue weighted by Gasteiger charge is -2.29. The number of ether oxygens (including phenoxy) is 1. The summed E-state index contributed by atoms with van der Waals surface area (Å²) in [6.45, 7) is 2.31. The molecule has 2 N–H and O–H groups in total. The number of methoxy groups -OCH3 is 1. The first kappa shape index (κ1) is 14.7. The third kappa shape index (κ3) is 4.40. The van der Waals surface area contributed by atoms with Crippen LogP contribution in [0.1, 0.15) is 13.3 Å². The Morgan fingerprint density at radius 2 is 2.20 bits per heavy atom. The molecular weight excluding hydrogens is 212 g/mol. The lowest BCUT2D eigenvalue weighted by Crippen LogP contribution is -2.47. The molecule has 2 unspecified atom stereocenters. The van der Waals surface area contributed by atoms with E-state index in [4.69, 9.17) is 10.5 Å². The monoisotopic (exact) mass is 234 g/mol. The molecule has 0 aliphatic carbocycles. The quantitative estimate of drug-likeness (QED) is 0.699. The van der Waals surface area contributed by atoms with Crippen molar-refractivity contribution in [3.05, 3.63) is 0 Å². The molecule has 0 aliphatic heterocycles. The predicted octanol–water partition coefficient (Wildman–Crippen LogP) is 0.560. The van der Waals surface area contributed by atoms with E-state index in [1.54, 1.807) is 16.7 Å². The Bertz CT molecular complexity index is 186. The van der Waals surface area contributed by atoms with Gasteiger partial charge in [-0.3, -0.25) is 4.79 Å². The van der Waals surface area contributed by atoms with Crippen LogP contribution >= 0.6 is 11.8 Å². The van der Waals surface area contributed by atoms with E-state index in [9.17, 15) is 4.79 Å². The third-order valence-electron chi connectivity index (χ3n) is 2.50. The average molecular weight is 234 g/mol. The summed E-state index contributed by atoms with van der Waals surface area (Å²) in [5.74, 6) is 0.917. The Labute approximate surface area is 96.5 Å². The van der Waals surface area contributed by atoms with Crippen molar-refractivity contribution in [3.63, 3.8) is 0 Å². The fraction of sp³-hybridized carbons (Fsp3) is 0.900. The van der Waals surface area contributed by atoms with Gasteiger partial charge in [0.25, 0.3) is 5.91 Å². The molecule has 0 aromatic rings. The highest BCUT2D eigenvalue weighted by atomic mass is 32.2. The van der Waals surface area contributed by atoms with Crippen LogP contribution in [0.25, 0.3) is 0 Å². The number of hydrogen-bond acceptors (Lipinski definition) is 4. The highest BCUT2D eigenvalue weighted by Gasteiger charge is 2.24. The summed E-state index contributed by atoms with van der Waals surface area (Å²) in [4.78, 5) is 13.6. The molecule has 4 nitrogen and oxygen atoms in total. The summed E-state index contributed by atoms with van der Waals surface area (Å²) in [6, 6.07) is 0.261. The van der Waals surface area contributed by atoms with Gasteiger partial charge < -0.3 is 15.4 Å². The Kier molecular flexibility index (Phi) is 7.82. The first-order chi connectivity index (χ1) is 7.12. The summed E-state index contributed by atoms with van der Waals surface area (Å²) in [7, 11) is 3.33. The topological polar surface area (TPSA) is 55.6 Å². The molecular formula is C10H22N2O2S. The molecule has 0 saturated carbocycles. The minimum atomic E-state index is -0.508. The molecule has 90 valence electrons. The second-order valence-electron chi connectivity index (χ2n) is 3.43. The minimum Gasteiger partial charge on any atom is -0.370 e. The largest absolute Gasteiger partial charge is 0.370 e. The molecule has 15 heavy (non-hydrogen) atoms. The molecule has 0 aromatic carbocycles. The lowest BCUT2D eigenvalue weighted by atomic mass is 10.2. The third-order valence-corrected chi connectivity index (χ3v) is 3.22. The van der Waals surface area contributed by atoms with Crippen LogP contribution in [0.3, 0.4) is 0 Å². The fourth-order valence-electron chi connectivity index (χ4n) is 1.40. The molecule has 0 heterocycles. The van der Waals surface area contributed by atoms with Crippen molar-refractivity contribution in [3.8, 4) is 0 Å². The Hall–Kier alpha value is -0.260. The van der Waals surface area contributed by atoms with Crippen LogP contribution in [0.15, 0.2) is 0 Å². The highest BCUT2D eigenvalue weighted by molar-refractivity contribution is 7.98. The van der Waals surface area contributed by atoms with Gasteiger partial charge in [-0.2, -0.15) is 11.8 Å². The van der Waals surface area contributed by atoms with Gasteiger partial charge in [0.15, 0.2) is 0 Å². The number of carbonyl (C=O) groups is 1. The van der Waals surface area contributed by atoms with Crippen LogP contribution in [0, 0.1) is 0 Å². The standard InChI is InChI=1S/C10H22N2O2S/c1-5-8(7-15-4)12(2)10(13)9(6-11)14-3/h8-9H,5-7,11H2,1-4H3. The number of thioether (sulfide) groups is 1. The summed E-state index contributed by atoms with van der Waals surface area (Å²) >= 11 is 1.74. The van der Waals surface area contributed by atoms with E-state index in [2.05, 4.69) is 6.92 Å². The van der Waals surface area contributed by atoms with Gasteiger partial charge >= 0.3 is 0 Å². The van der Waals surface area contributed by atoms with Crippen LogP contribution in [0.2, 0.25) is 0 Å². The van der Waals surface area contributed by atoms with Gasteiger partial charge in [0, 0.05) is 32.5 Å². The van der Waals surface area contributed by atoms with E-state index in [1.165, 1.54) is 7.11 Å².